The number of nitrogens with zero attached hydrogens (tertiary/aromatic N) is 2. The molecule has 1 aromatic rings. The van der Waals surface area contributed by atoms with E-state index in [9.17, 15) is 0 Å². The van der Waals surface area contributed by atoms with Gasteiger partial charge in [0, 0.05) is 45.1 Å². The van der Waals surface area contributed by atoms with E-state index in [1.54, 1.807) is 0 Å². The molecule has 2 unspecified atom stereocenters. The first-order chi connectivity index (χ1) is 11.2. The summed E-state index contributed by atoms with van der Waals surface area (Å²) in [6.07, 6.45) is 2.26. The zero-order valence-electron chi connectivity index (χ0n) is 14.8. The first kappa shape index (κ1) is 17.8. The van der Waals surface area contributed by atoms with Gasteiger partial charge < -0.3 is 15.0 Å². The van der Waals surface area contributed by atoms with Crippen LogP contribution in [0.4, 0.5) is 0 Å². The minimum Gasteiger partial charge on any atom is -0.381 e. The summed E-state index contributed by atoms with van der Waals surface area (Å²) in [5, 5.41) is 3.42. The Morgan fingerprint density at radius 1 is 1.35 bits per heavy atom. The quantitative estimate of drug-likeness (QED) is 0.620. The van der Waals surface area contributed by atoms with Crippen molar-refractivity contribution in [3.05, 3.63) is 35.9 Å². The average Bonchev–Trinajstić information content (AvgIpc) is 3.08. The van der Waals surface area contributed by atoms with Crippen molar-refractivity contribution in [1.29, 1.82) is 0 Å². The lowest BCUT2D eigenvalue weighted by atomic mass is 9.97. The van der Waals surface area contributed by atoms with E-state index in [-0.39, 0.29) is 0 Å². The highest BCUT2D eigenvalue weighted by Gasteiger charge is 2.19. The van der Waals surface area contributed by atoms with Crippen molar-refractivity contribution >= 4 is 5.96 Å². The molecule has 0 saturated carbocycles. The first-order valence-electron chi connectivity index (χ1n) is 8.86. The van der Waals surface area contributed by atoms with Gasteiger partial charge in [-0.05, 0) is 25.3 Å². The molecule has 1 saturated heterocycles. The maximum atomic E-state index is 5.48. The predicted octanol–water partition coefficient (Wildman–Crippen LogP) is 3.11. The second kappa shape index (κ2) is 9.56. The van der Waals surface area contributed by atoms with E-state index < -0.39 is 0 Å². The Morgan fingerprint density at radius 2 is 2.13 bits per heavy atom. The van der Waals surface area contributed by atoms with Crippen molar-refractivity contribution in [2.75, 3.05) is 39.9 Å². The van der Waals surface area contributed by atoms with E-state index in [1.165, 1.54) is 5.56 Å². The van der Waals surface area contributed by atoms with E-state index in [0.29, 0.717) is 11.8 Å². The summed E-state index contributed by atoms with van der Waals surface area (Å²) in [6, 6.07) is 10.7. The summed E-state index contributed by atoms with van der Waals surface area (Å²) >= 11 is 0. The molecule has 1 aliphatic heterocycles. The summed E-state index contributed by atoms with van der Waals surface area (Å²) in [5.41, 5.74) is 1.38. The van der Waals surface area contributed by atoms with Crippen molar-refractivity contribution in [2.45, 2.75) is 32.6 Å². The molecule has 4 nitrogen and oxygen atoms in total. The summed E-state index contributed by atoms with van der Waals surface area (Å²) in [6.45, 7) is 8.87. The number of aliphatic imine (C=N–C) groups is 1. The minimum absolute atomic E-state index is 0.480. The summed E-state index contributed by atoms with van der Waals surface area (Å²) in [4.78, 5) is 7.14. The highest BCUT2D eigenvalue weighted by atomic mass is 16.5. The van der Waals surface area contributed by atoms with Crippen LogP contribution in [0.15, 0.2) is 35.3 Å². The van der Waals surface area contributed by atoms with Crippen molar-refractivity contribution in [3.8, 4) is 0 Å². The Balaban J connectivity index is 1.98. The average molecular weight is 317 g/mol. The van der Waals surface area contributed by atoms with Crippen LogP contribution in [0, 0.1) is 5.92 Å². The Kier molecular flexibility index (Phi) is 7.40. The molecule has 2 rings (SSSR count). The molecule has 0 radical (unpaired) electrons. The van der Waals surface area contributed by atoms with Gasteiger partial charge in [-0.15, -0.1) is 0 Å². The van der Waals surface area contributed by atoms with E-state index in [4.69, 9.17) is 9.73 Å². The second-order valence-electron chi connectivity index (χ2n) is 6.32. The van der Waals surface area contributed by atoms with Gasteiger partial charge in [-0.1, -0.05) is 37.3 Å². The SMILES string of the molecule is CCNC(=NCC(CC)c1ccccc1)N(C)CC1CCOC1. The number of guanidine groups is 1. The van der Waals surface area contributed by atoms with Crippen LogP contribution in [0.1, 0.15) is 38.2 Å². The molecule has 1 fully saturated rings. The van der Waals surface area contributed by atoms with E-state index >= 15 is 0 Å². The van der Waals surface area contributed by atoms with Crippen LogP contribution in [-0.2, 0) is 4.74 Å². The molecule has 0 amide bonds. The molecule has 1 N–H and O–H groups in total. The molecule has 2 atom stereocenters. The third-order valence-corrected chi connectivity index (χ3v) is 4.48. The Hall–Kier alpha value is -1.55. The Labute approximate surface area is 140 Å². The number of hydrogen-bond donors (Lipinski definition) is 1. The predicted molar refractivity (Wildman–Crippen MR) is 97.0 cm³/mol. The lowest BCUT2D eigenvalue weighted by Crippen LogP contribution is -2.41. The fraction of sp³-hybridized carbons (Fsp3) is 0.632. The van der Waals surface area contributed by atoms with E-state index in [0.717, 1.165) is 51.6 Å². The molecule has 0 aliphatic carbocycles. The molecule has 23 heavy (non-hydrogen) atoms. The van der Waals surface area contributed by atoms with Crippen LogP contribution < -0.4 is 5.32 Å². The summed E-state index contributed by atoms with van der Waals surface area (Å²) in [7, 11) is 2.13. The van der Waals surface area contributed by atoms with Gasteiger partial charge in [-0.3, -0.25) is 4.99 Å². The van der Waals surface area contributed by atoms with Gasteiger partial charge >= 0.3 is 0 Å². The van der Waals surface area contributed by atoms with Gasteiger partial charge in [0.15, 0.2) is 5.96 Å². The van der Waals surface area contributed by atoms with Crippen LogP contribution >= 0.6 is 0 Å². The smallest absolute Gasteiger partial charge is 0.193 e. The lowest BCUT2D eigenvalue weighted by Gasteiger charge is -2.25. The zero-order chi connectivity index (χ0) is 16.5. The number of rotatable bonds is 7. The summed E-state index contributed by atoms with van der Waals surface area (Å²) < 4.78 is 5.48. The van der Waals surface area contributed by atoms with Gasteiger partial charge in [-0.25, -0.2) is 0 Å². The van der Waals surface area contributed by atoms with Crippen molar-refractivity contribution in [2.24, 2.45) is 10.9 Å². The van der Waals surface area contributed by atoms with Crippen LogP contribution in [0.25, 0.3) is 0 Å². The fourth-order valence-corrected chi connectivity index (χ4v) is 3.06. The maximum Gasteiger partial charge on any atom is 0.193 e. The molecule has 0 bridgehead atoms. The van der Waals surface area contributed by atoms with E-state index in [2.05, 4.69) is 61.4 Å². The molecular formula is C19H31N3O. The largest absolute Gasteiger partial charge is 0.381 e. The normalized spacial score (nSPS) is 19.6. The van der Waals surface area contributed by atoms with Crippen LogP contribution in [0.5, 0.6) is 0 Å². The number of nitrogens with one attached hydrogen (secondary N) is 1. The van der Waals surface area contributed by atoms with Crippen molar-refractivity contribution in [1.82, 2.24) is 10.2 Å². The van der Waals surface area contributed by atoms with Gasteiger partial charge in [0.1, 0.15) is 0 Å². The Bertz CT molecular complexity index is 469. The van der Waals surface area contributed by atoms with Crippen LogP contribution in [0.2, 0.25) is 0 Å². The molecule has 1 aliphatic rings. The molecule has 1 heterocycles. The molecule has 4 heteroatoms. The molecule has 128 valence electrons. The van der Waals surface area contributed by atoms with Gasteiger partial charge in [-0.2, -0.15) is 0 Å². The van der Waals surface area contributed by atoms with Crippen molar-refractivity contribution < 1.29 is 4.74 Å². The maximum absolute atomic E-state index is 5.48. The fourth-order valence-electron chi connectivity index (χ4n) is 3.06. The van der Waals surface area contributed by atoms with Gasteiger partial charge in [0.25, 0.3) is 0 Å². The third kappa shape index (κ3) is 5.54. The Morgan fingerprint density at radius 3 is 2.74 bits per heavy atom. The monoisotopic (exact) mass is 317 g/mol. The van der Waals surface area contributed by atoms with Gasteiger partial charge in [0.05, 0.1) is 6.61 Å². The van der Waals surface area contributed by atoms with E-state index in [1.807, 2.05) is 0 Å². The van der Waals surface area contributed by atoms with Crippen LogP contribution in [-0.4, -0.2) is 50.8 Å². The number of ether oxygens (including phenoxy) is 1. The first-order valence-corrected chi connectivity index (χ1v) is 8.86. The highest BCUT2D eigenvalue weighted by molar-refractivity contribution is 5.79. The highest BCUT2D eigenvalue weighted by Crippen LogP contribution is 2.19. The topological polar surface area (TPSA) is 36.9 Å². The summed E-state index contributed by atoms with van der Waals surface area (Å²) in [5.74, 6) is 2.11. The molecule has 0 aromatic heterocycles. The minimum atomic E-state index is 0.480. The second-order valence-corrected chi connectivity index (χ2v) is 6.32. The lowest BCUT2D eigenvalue weighted by molar-refractivity contribution is 0.181. The number of benzene rings is 1. The molecular weight excluding hydrogens is 286 g/mol. The van der Waals surface area contributed by atoms with Crippen LogP contribution in [0.3, 0.4) is 0 Å². The molecule has 0 spiro atoms. The third-order valence-electron chi connectivity index (χ3n) is 4.48. The zero-order valence-corrected chi connectivity index (χ0v) is 14.8. The molecule has 1 aromatic carbocycles. The standard InChI is InChI=1S/C19H31N3O/c1-4-17(18-9-7-6-8-10-18)13-21-19(20-5-2)22(3)14-16-11-12-23-15-16/h6-10,16-17H,4-5,11-15H2,1-3H3,(H,20,21). The van der Waals surface area contributed by atoms with Crippen molar-refractivity contribution in [3.63, 3.8) is 0 Å². The van der Waals surface area contributed by atoms with Gasteiger partial charge in [0.2, 0.25) is 0 Å². The number of hydrogen-bond acceptors (Lipinski definition) is 2.